The quantitative estimate of drug-likeness (QED) is 0.609. The van der Waals surface area contributed by atoms with Crippen LogP contribution in [0.1, 0.15) is 24.5 Å². The molecule has 3 rings (SSSR count). The Morgan fingerprint density at radius 3 is 2.64 bits per heavy atom. The van der Waals surface area contributed by atoms with E-state index in [9.17, 15) is 4.79 Å². The van der Waals surface area contributed by atoms with Crippen LogP contribution < -0.4 is 10.5 Å². The van der Waals surface area contributed by atoms with Crippen LogP contribution in [0.3, 0.4) is 0 Å². The number of carbonyl (C=O) groups excluding carboxylic acids is 1. The molecule has 28 heavy (non-hydrogen) atoms. The minimum absolute atomic E-state index is 0.0906. The molecular weight excluding hydrogens is 424 g/mol. The Morgan fingerprint density at radius 1 is 1.29 bits per heavy atom. The number of hydrogen-bond donors (Lipinski definition) is 2. The Kier molecular flexibility index (Phi) is 6.36. The van der Waals surface area contributed by atoms with Crippen molar-refractivity contribution in [3.8, 4) is 5.75 Å². The third kappa shape index (κ3) is 4.20. The normalized spacial score (nSPS) is 21.1. The van der Waals surface area contributed by atoms with E-state index in [0.717, 1.165) is 15.6 Å². The molecule has 2 atom stereocenters. The molecule has 2 aromatic rings. The van der Waals surface area contributed by atoms with Gasteiger partial charge in [-0.25, -0.2) is 4.99 Å². The molecule has 0 radical (unpaired) electrons. The summed E-state index contributed by atoms with van der Waals surface area (Å²) in [7, 11) is 0. The van der Waals surface area contributed by atoms with Gasteiger partial charge in [-0.1, -0.05) is 34.1 Å². The zero-order chi connectivity index (χ0) is 20.1. The van der Waals surface area contributed by atoms with E-state index in [1.54, 1.807) is 12.1 Å². The standard InChI is InChI=1S/C21H23BrN2O4/c1-14-21(20(23)26,13-16-5-2-3-6-18(16)22)24-19(28-14)15-7-9-17(10-8-15)27-12-4-11-25/h2-3,5-10,14,25H,4,11-13H2,1H3,(H2,23,26)/t14-,21-/m1/s1. The minimum atomic E-state index is -1.17. The summed E-state index contributed by atoms with van der Waals surface area (Å²) in [5.41, 5.74) is 6.29. The molecule has 148 valence electrons. The third-order valence-corrected chi connectivity index (χ3v) is 5.55. The highest BCUT2D eigenvalue weighted by Crippen LogP contribution is 2.34. The molecule has 7 heteroatoms. The van der Waals surface area contributed by atoms with E-state index >= 15 is 0 Å². The maximum Gasteiger partial charge on any atom is 0.249 e. The monoisotopic (exact) mass is 446 g/mol. The lowest BCUT2D eigenvalue weighted by atomic mass is 9.86. The molecule has 0 unspecified atom stereocenters. The van der Waals surface area contributed by atoms with Gasteiger partial charge in [-0.15, -0.1) is 0 Å². The molecule has 0 saturated heterocycles. The predicted molar refractivity (Wildman–Crippen MR) is 110 cm³/mol. The summed E-state index contributed by atoms with van der Waals surface area (Å²) in [4.78, 5) is 17.0. The van der Waals surface area contributed by atoms with Crippen molar-refractivity contribution < 1.29 is 19.4 Å². The molecule has 1 aliphatic rings. The lowest BCUT2D eigenvalue weighted by Gasteiger charge is -2.26. The van der Waals surface area contributed by atoms with Crippen molar-refractivity contribution in [3.63, 3.8) is 0 Å². The average molecular weight is 447 g/mol. The summed E-state index contributed by atoms with van der Waals surface area (Å²) in [5, 5.41) is 8.82. The molecule has 2 aromatic carbocycles. The summed E-state index contributed by atoms with van der Waals surface area (Å²) in [6.45, 7) is 2.35. The van der Waals surface area contributed by atoms with E-state index < -0.39 is 17.6 Å². The summed E-state index contributed by atoms with van der Waals surface area (Å²) < 4.78 is 12.4. The number of aliphatic hydroxyl groups is 1. The van der Waals surface area contributed by atoms with Crippen molar-refractivity contribution in [3.05, 3.63) is 64.1 Å². The number of nitrogens with zero attached hydrogens (tertiary/aromatic N) is 1. The Bertz CT molecular complexity index is 869. The number of carbonyl (C=O) groups is 1. The lowest BCUT2D eigenvalue weighted by molar-refractivity contribution is -0.125. The van der Waals surface area contributed by atoms with Gasteiger partial charge in [0.2, 0.25) is 11.8 Å². The van der Waals surface area contributed by atoms with Crippen molar-refractivity contribution in [1.82, 2.24) is 0 Å². The average Bonchev–Trinajstić information content (AvgIpc) is 3.02. The van der Waals surface area contributed by atoms with Gasteiger partial charge in [0.15, 0.2) is 5.54 Å². The zero-order valence-corrected chi connectivity index (χ0v) is 17.2. The Morgan fingerprint density at radius 2 is 2.00 bits per heavy atom. The molecule has 0 aliphatic carbocycles. The number of hydrogen-bond acceptors (Lipinski definition) is 5. The van der Waals surface area contributed by atoms with Crippen LogP contribution in [0.25, 0.3) is 0 Å². The Labute approximate surface area is 172 Å². The SMILES string of the molecule is C[C@H]1OC(c2ccc(OCCCO)cc2)=N[C@@]1(Cc1ccccc1Br)C(N)=O. The molecule has 0 aromatic heterocycles. The first-order chi connectivity index (χ1) is 13.5. The summed E-state index contributed by atoms with van der Waals surface area (Å²) in [6.07, 6.45) is 0.426. The van der Waals surface area contributed by atoms with Gasteiger partial charge in [-0.3, -0.25) is 4.79 Å². The van der Waals surface area contributed by atoms with E-state index in [-0.39, 0.29) is 6.61 Å². The van der Waals surface area contributed by atoms with Gasteiger partial charge in [-0.05, 0) is 42.8 Å². The molecule has 1 aliphatic heterocycles. The highest BCUT2D eigenvalue weighted by molar-refractivity contribution is 9.10. The van der Waals surface area contributed by atoms with Crippen molar-refractivity contribution in [2.75, 3.05) is 13.2 Å². The molecule has 0 bridgehead atoms. The molecule has 0 fully saturated rings. The highest BCUT2D eigenvalue weighted by atomic mass is 79.9. The van der Waals surface area contributed by atoms with Gasteiger partial charge in [0.25, 0.3) is 0 Å². The smallest absolute Gasteiger partial charge is 0.249 e. The van der Waals surface area contributed by atoms with Gasteiger partial charge in [0.05, 0.1) is 6.61 Å². The lowest BCUT2D eigenvalue weighted by Crippen LogP contribution is -2.50. The van der Waals surface area contributed by atoms with Crippen LogP contribution in [0.15, 0.2) is 58.0 Å². The number of rotatable bonds is 8. The van der Waals surface area contributed by atoms with Crippen LogP contribution in [-0.2, 0) is 16.0 Å². The molecule has 6 nitrogen and oxygen atoms in total. The summed E-state index contributed by atoms with van der Waals surface area (Å²) >= 11 is 3.52. The van der Waals surface area contributed by atoms with Crippen molar-refractivity contribution in [1.29, 1.82) is 0 Å². The van der Waals surface area contributed by atoms with Crippen molar-refractivity contribution >= 4 is 27.7 Å². The zero-order valence-electron chi connectivity index (χ0n) is 15.6. The van der Waals surface area contributed by atoms with Crippen molar-refractivity contribution in [2.45, 2.75) is 31.4 Å². The van der Waals surface area contributed by atoms with Crippen LogP contribution in [0.2, 0.25) is 0 Å². The number of benzene rings is 2. The number of primary amides is 1. The van der Waals surface area contributed by atoms with Crippen molar-refractivity contribution in [2.24, 2.45) is 10.7 Å². The van der Waals surface area contributed by atoms with Gasteiger partial charge < -0.3 is 20.3 Å². The molecule has 3 N–H and O–H groups in total. The van der Waals surface area contributed by atoms with Gasteiger partial charge in [0, 0.05) is 29.5 Å². The first-order valence-corrected chi connectivity index (χ1v) is 9.89. The van der Waals surface area contributed by atoms with Crippen LogP contribution in [0, 0.1) is 0 Å². The van der Waals surface area contributed by atoms with E-state index in [4.69, 9.17) is 20.3 Å². The van der Waals surface area contributed by atoms with E-state index in [1.807, 2.05) is 43.3 Å². The minimum Gasteiger partial charge on any atom is -0.494 e. The number of amides is 1. The first kappa shape index (κ1) is 20.4. The molecule has 0 saturated carbocycles. The van der Waals surface area contributed by atoms with Gasteiger partial charge in [-0.2, -0.15) is 0 Å². The number of ether oxygens (including phenoxy) is 2. The third-order valence-electron chi connectivity index (χ3n) is 4.78. The predicted octanol–water partition coefficient (Wildman–Crippen LogP) is 2.84. The second-order valence-electron chi connectivity index (χ2n) is 6.68. The second-order valence-corrected chi connectivity index (χ2v) is 7.54. The Balaban J connectivity index is 1.85. The van der Waals surface area contributed by atoms with Crippen LogP contribution in [-0.4, -0.2) is 41.8 Å². The van der Waals surface area contributed by atoms with Crippen LogP contribution in [0.4, 0.5) is 0 Å². The fourth-order valence-corrected chi connectivity index (χ4v) is 3.53. The highest BCUT2D eigenvalue weighted by Gasteiger charge is 2.49. The number of aliphatic hydroxyl groups excluding tert-OH is 1. The summed E-state index contributed by atoms with van der Waals surface area (Å²) in [5.74, 6) is 0.563. The number of halogens is 1. The maximum atomic E-state index is 12.4. The fourth-order valence-electron chi connectivity index (χ4n) is 3.10. The maximum absolute atomic E-state index is 12.4. The molecule has 1 heterocycles. The molecule has 0 spiro atoms. The topological polar surface area (TPSA) is 94.1 Å². The second kappa shape index (κ2) is 8.75. The van der Waals surface area contributed by atoms with Gasteiger partial charge >= 0.3 is 0 Å². The fraction of sp³-hybridized carbons (Fsp3) is 0.333. The number of nitrogens with two attached hydrogens (primary N) is 1. The van der Waals surface area contributed by atoms with Crippen LogP contribution >= 0.6 is 15.9 Å². The largest absolute Gasteiger partial charge is 0.494 e. The van der Waals surface area contributed by atoms with E-state index in [1.165, 1.54) is 0 Å². The van der Waals surface area contributed by atoms with Gasteiger partial charge in [0.1, 0.15) is 11.9 Å². The molecule has 1 amide bonds. The first-order valence-electron chi connectivity index (χ1n) is 9.10. The summed E-state index contributed by atoms with van der Waals surface area (Å²) in [6, 6.07) is 15.0. The Hall–Kier alpha value is -2.38. The number of aliphatic imine (C=N–C) groups is 1. The van der Waals surface area contributed by atoms with E-state index in [0.29, 0.717) is 31.1 Å². The van der Waals surface area contributed by atoms with Crippen LogP contribution in [0.5, 0.6) is 5.75 Å². The van der Waals surface area contributed by atoms with E-state index in [2.05, 4.69) is 20.9 Å². The molecular formula is C21H23BrN2O4.